The van der Waals surface area contributed by atoms with Crippen LogP contribution in [0, 0.1) is 11.8 Å². The van der Waals surface area contributed by atoms with Crippen LogP contribution in [0.25, 0.3) is 28.0 Å². The second-order valence-electron chi connectivity index (χ2n) is 8.91. The number of halogens is 1. The summed E-state index contributed by atoms with van der Waals surface area (Å²) in [6.45, 7) is 7.70. The maximum Gasteiger partial charge on any atom is 0.165 e. The Morgan fingerprint density at radius 1 is 0.935 bits per heavy atom. The number of aromatic nitrogens is 3. The van der Waals surface area contributed by atoms with E-state index < -0.39 is 0 Å². The van der Waals surface area contributed by atoms with E-state index >= 15 is 0 Å². The highest BCUT2D eigenvalue weighted by molar-refractivity contribution is 6.30. The van der Waals surface area contributed by atoms with Gasteiger partial charge >= 0.3 is 0 Å². The van der Waals surface area contributed by atoms with Crippen molar-refractivity contribution < 1.29 is 0 Å². The molecule has 1 aliphatic heterocycles. The van der Waals surface area contributed by atoms with E-state index in [1.807, 2.05) is 53.2 Å². The summed E-state index contributed by atoms with van der Waals surface area (Å²) in [6, 6.07) is 22.6. The molecule has 1 fully saturated rings. The molecule has 1 aliphatic rings. The summed E-state index contributed by atoms with van der Waals surface area (Å²) >= 11 is 6.73. The molecule has 3 heterocycles. The summed E-state index contributed by atoms with van der Waals surface area (Å²) in [4.78, 5) is 7.35. The molecule has 5 rings (SSSR count). The standard InChI is InChI=1S/C26H27ClN4/c1-18-13-19(2)16-30(15-18)17-21-14-23-24(20-9-5-3-6-10-20)29-31(26(23)28-25(21)27)22-11-7-4-8-12-22/h3-12,14,18-19H,13,15-17H2,1-2H3. The predicted molar refractivity (Wildman–Crippen MR) is 128 cm³/mol. The Morgan fingerprint density at radius 2 is 1.58 bits per heavy atom. The molecule has 2 aromatic carbocycles. The first kappa shape index (κ1) is 20.2. The van der Waals surface area contributed by atoms with E-state index in [0.717, 1.165) is 53.2 Å². The Labute approximate surface area is 188 Å². The second-order valence-corrected chi connectivity index (χ2v) is 9.27. The van der Waals surface area contributed by atoms with E-state index in [4.69, 9.17) is 21.7 Å². The normalized spacial score (nSPS) is 19.7. The number of hydrogen-bond acceptors (Lipinski definition) is 3. The molecule has 2 atom stereocenters. The van der Waals surface area contributed by atoms with Gasteiger partial charge in [-0.1, -0.05) is 74.0 Å². The number of likely N-dealkylation sites (tertiary alicyclic amines) is 1. The lowest BCUT2D eigenvalue weighted by atomic mass is 9.91. The van der Waals surface area contributed by atoms with E-state index in [9.17, 15) is 0 Å². The van der Waals surface area contributed by atoms with Gasteiger partial charge in [0, 0.05) is 36.1 Å². The molecule has 0 N–H and O–H groups in total. The average Bonchev–Trinajstić information content (AvgIpc) is 3.13. The monoisotopic (exact) mass is 430 g/mol. The van der Waals surface area contributed by atoms with Gasteiger partial charge in [-0.05, 0) is 36.5 Å². The number of para-hydroxylation sites is 1. The number of pyridine rings is 1. The van der Waals surface area contributed by atoms with Crippen molar-refractivity contribution in [1.82, 2.24) is 19.7 Å². The molecular formula is C26H27ClN4. The Morgan fingerprint density at radius 3 is 2.26 bits per heavy atom. The first-order valence-corrected chi connectivity index (χ1v) is 11.4. The fourth-order valence-corrected chi connectivity index (χ4v) is 5.09. The van der Waals surface area contributed by atoms with Gasteiger partial charge in [-0.25, -0.2) is 9.67 Å². The quantitative estimate of drug-likeness (QED) is 0.360. The molecule has 4 aromatic rings. The van der Waals surface area contributed by atoms with Gasteiger partial charge in [-0.3, -0.25) is 4.90 Å². The molecule has 0 bridgehead atoms. The van der Waals surface area contributed by atoms with Crippen LogP contribution in [0.15, 0.2) is 66.7 Å². The van der Waals surface area contributed by atoms with E-state index in [1.165, 1.54) is 6.42 Å². The van der Waals surface area contributed by atoms with Crippen molar-refractivity contribution in [1.29, 1.82) is 0 Å². The number of rotatable bonds is 4. The Bertz CT molecular complexity index is 1180. The Balaban J connectivity index is 1.63. The Kier molecular flexibility index (Phi) is 5.51. The number of fused-ring (bicyclic) bond motifs is 1. The third-order valence-electron chi connectivity index (χ3n) is 6.07. The lowest BCUT2D eigenvalue weighted by molar-refractivity contribution is 0.134. The number of piperidine rings is 1. The van der Waals surface area contributed by atoms with Gasteiger partial charge in [0.1, 0.15) is 10.8 Å². The van der Waals surface area contributed by atoms with Gasteiger partial charge in [0.05, 0.1) is 5.69 Å². The van der Waals surface area contributed by atoms with E-state index in [-0.39, 0.29) is 0 Å². The highest BCUT2D eigenvalue weighted by Gasteiger charge is 2.24. The van der Waals surface area contributed by atoms with Crippen LogP contribution >= 0.6 is 11.6 Å². The summed E-state index contributed by atoms with van der Waals surface area (Å²) < 4.78 is 1.90. The molecule has 0 radical (unpaired) electrons. The van der Waals surface area contributed by atoms with Gasteiger partial charge in [-0.15, -0.1) is 0 Å². The summed E-state index contributed by atoms with van der Waals surface area (Å²) in [5.41, 5.74) is 4.85. The fraction of sp³-hybridized carbons (Fsp3) is 0.308. The van der Waals surface area contributed by atoms with Gasteiger partial charge in [0.2, 0.25) is 0 Å². The fourth-order valence-electron chi connectivity index (χ4n) is 4.89. The largest absolute Gasteiger partial charge is 0.298 e. The van der Waals surface area contributed by atoms with Crippen molar-refractivity contribution in [3.05, 3.63) is 77.4 Å². The van der Waals surface area contributed by atoms with Gasteiger partial charge in [-0.2, -0.15) is 5.10 Å². The van der Waals surface area contributed by atoms with Gasteiger partial charge in [0.15, 0.2) is 5.65 Å². The lowest BCUT2D eigenvalue weighted by Gasteiger charge is -2.35. The van der Waals surface area contributed by atoms with Crippen molar-refractivity contribution in [2.24, 2.45) is 11.8 Å². The van der Waals surface area contributed by atoms with Crippen LogP contribution in [0.3, 0.4) is 0 Å². The third-order valence-corrected chi connectivity index (χ3v) is 6.40. The summed E-state index contributed by atoms with van der Waals surface area (Å²) in [5.74, 6) is 1.42. The molecular weight excluding hydrogens is 404 g/mol. The predicted octanol–water partition coefficient (Wildman–Crippen LogP) is 6.22. The molecule has 0 aliphatic carbocycles. The first-order chi connectivity index (χ1) is 15.1. The van der Waals surface area contributed by atoms with Crippen molar-refractivity contribution in [3.8, 4) is 16.9 Å². The molecule has 31 heavy (non-hydrogen) atoms. The van der Waals surface area contributed by atoms with Crippen molar-refractivity contribution >= 4 is 22.6 Å². The highest BCUT2D eigenvalue weighted by atomic mass is 35.5. The minimum absolute atomic E-state index is 0.565. The minimum Gasteiger partial charge on any atom is -0.298 e. The molecule has 0 spiro atoms. The van der Waals surface area contributed by atoms with Crippen molar-refractivity contribution in [2.75, 3.05) is 13.1 Å². The topological polar surface area (TPSA) is 34.0 Å². The number of benzene rings is 2. The molecule has 4 nitrogen and oxygen atoms in total. The van der Waals surface area contributed by atoms with E-state index in [0.29, 0.717) is 17.0 Å². The van der Waals surface area contributed by atoms with Crippen LogP contribution in [0.5, 0.6) is 0 Å². The summed E-state index contributed by atoms with van der Waals surface area (Å²) in [5, 5.41) is 6.56. The van der Waals surface area contributed by atoms with Crippen LogP contribution < -0.4 is 0 Å². The molecule has 1 saturated heterocycles. The number of hydrogen-bond donors (Lipinski definition) is 0. The maximum atomic E-state index is 6.73. The molecule has 158 valence electrons. The second kappa shape index (κ2) is 8.45. The average molecular weight is 431 g/mol. The zero-order chi connectivity index (χ0) is 21.4. The molecule has 5 heteroatoms. The van der Waals surface area contributed by atoms with Crippen LogP contribution in [0.1, 0.15) is 25.8 Å². The zero-order valence-corrected chi connectivity index (χ0v) is 18.8. The van der Waals surface area contributed by atoms with Gasteiger partial charge in [0.25, 0.3) is 0 Å². The highest BCUT2D eigenvalue weighted by Crippen LogP contribution is 2.33. The lowest BCUT2D eigenvalue weighted by Crippen LogP contribution is -2.38. The van der Waals surface area contributed by atoms with Gasteiger partial charge < -0.3 is 0 Å². The molecule has 0 amide bonds. The van der Waals surface area contributed by atoms with Crippen LogP contribution in [0.4, 0.5) is 0 Å². The first-order valence-electron chi connectivity index (χ1n) is 11.0. The van der Waals surface area contributed by atoms with Crippen LogP contribution in [-0.4, -0.2) is 32.8 Å². The van der Waals surface area contributed by atoms with Crippen molar-refractivity contribution in [2.45, 2.75) is 26.8 Å². The minimum atomic E-state index is 0.565. The maximum absolute atomic E-state index is 6.73. The van der Waals surface area contributed by atoms with E-state index in [1.54, 1.807) is 0 Å². The SMILES string of the molecule is CC1CC(C)CN(Cc2cc3c(-c4ccccc4)nn(-c4ccccc4)c3nc2Cl)C1. The van der Waals surface area contributed by atoms with Crippen LogP contribution in [0.2, 0.25) is 5.15 Å². The van der Waals surface area contributed by atoms with E-state index in [2.05, 4.69) is 36.9 Å². The summed E-state index contributed by atoms with van der Waals surface area (Å²) in [7, 11) is 0. The Hall–Kier alpha value is -2.69. The molecule has 2 aromatic heterocycles. The summed E-state index contributed by atoms with van der Waals surface area (Å²) in [6.07, 6.45) is 1.30. The molecule has 0 saturated carbocycles. The smallest absolute Gasteiger partial charge is 0.165 e. The zero-order valence-electron chi connectivity index (χ0n) is 18.0. The van der Waals surface area contributed by atoms with Crippen molar-refractivity contribution in [3.63, 3.8) is 0 Å². The van der Waals surface area contributed by atoms with Crippen LogP contribution in [-0.2, 0) is 6.54 Å². The number of nitrogens with zero attached hydrogens (tertiary/aromatic N) is 4. The third kappa shape index (κ3) is 4.10. The molecule has 2 unspecified atom stereocenters.